The number of nitrogens with zero attached hydrogens (tertiary/aromatic N) is 2. The topological polar surface area (TPSA) is 53.9 Å². The van der Waals surface area contributed by atoms with Gasteiger partial charge in [0.05, 0.1) is 0 Å². The summed E-state index contributed by atoms with van der Waals surface area (Å²) in [6.07, 6.45) is 6.77. The Morgan fingerprint density at radius 1 is 0.880 bits per heavy atom. The van der Waals surface area contributed by atoms with Gasteiger partial charge in [-0.2, -0.15) is 0 Å². The fourth-order valence-electron chi connectivity index (χ4n) is 2.32. The molecule has 0 aromatic carbocycles. The third-order valence-electron chi connectivity index (χ3n) is 3.42. The summed E-state index contributed by atoms with van der Waals surface area (Å²) in [5, 5.41) is 25.1. The van der Waals surface area contributed by atoms with E-state index in [1.807, 2.05) is 24.3 Å². The zero-order valence-electron chi connectivity index (χ0n) is 14.1. The molecule has 25 heavy (non-hydrogen) atoms. The predicted molar refractivity (Wildman–Crippen MR) is 108 cm³/mol. The molecule has 0 N–H and O–H groups in total. The van der Waals surface area contributed by atoms with E-state index < -0.39 is 13.4 Å². The fourth-order valence-corrected chi connectivity index (χ4v) is 21.3. The van der Waals surface area contributed by atoms with Crippen LogP contribution in [0.5, 0.6) is 0 Å². The summed E-state index contributed by atoms with van der Waals surface area (Å²) >= 11 is -3.83. The van der Waals surface area contributed by atoms with Crippen LogP contribution in [-0.4, -0.2) is 13.4 Å². The van der Waals surface area contributed by atoms with Crippen LogP contribution >= 0.6 is 35.7 Å². The van der Waals surface area contributed by atoms with Crippen LogP contribution in [0.3, 0.4) is 0 Å². The fraction of sp³-hybridized carbons (Fsp3) is 0.375. The Bertz CT molecular complexity index is 676. The van der Waals surface area contributed by atoms with Gasteiger partial charge in [0.15, 0.2) is 0 Å². The van der Waals surface area contributed by atoms with E-state index in [2.05, 4.69) is 13.8 Å². The molecular weight excluding hydrogens is 506 g/mol. The molecule has 9 heteroatoms. The maximum atomic E-state index is 12.0. The molecule has 0 unspecified atom stereocenters. The SMILES string of the molecule is CCCc1cc[n+]([O-])c([S][Sn]([Cl])([Cl])[S]c2cc(CCC)cc[n+]2[O-])c1. The van der Waals surface area contributed by atoms with E-state index in [1.165, 1.54) is 30.3 Å². The number of halogens is 2. The van der Waals surface area contributed by atoms with Crippen LogP contribution in [0.1, 0.15) is 37.8 Å². The Kier molecular flexibility index (Phi) is 8.33. The first kappa shape index (κ1) is 21.3. The summed E-state index contributed by atoms with van der Waals surface area (Å²) in [5.74, 6) is 0. The second-order valence-electron chi connectivity index (χ2n) is 5.57. The molecule has 0 aliphatic rings. The van der Waals surface area contributed by atoms with Crippen molar-refractivity contribution in [1.82, 2.24) is 0 Å². The van der Waals surface area contributed by atoms with E-state index in [9.17, 15) is 10.4 Å². The van der Waals surface area contributed by atoms with Gasteiger partial charge < -0.3 is 0 Å². The van der Waals surface area contributed by atoms with Crippen molar-refractivity contribution in [2.75, 3.05) is 0 Å². The molecule has 0 fully saturated rings. The number of aromatic nitrogens is 2. The van der Waals surface area contributed by atoms with Gasteiger partial charge in [-0.1, -0.05) is 0 Å². The molecule has 0 saturated heterocycles. The summed E-state index contributed by atoms with van der Waals surface area (Å²) in [5.41, 5.74) is 2.17. The molecule has 2 aromatic heterocycles. The van der Waals surface area contributed by atoms with E-state index in [1.54, 1.807) is 0 Å². The Morgan fingerprint density at radius 2 is 1.28 bits per heavy atom. The van der Waals surface area contributed by atoms with Crippen molar-refractivity contribution in [3.05, 3.63) is 58.2 Å². The average molecular weight is 526 g/mol. The minimum atomic E-state index is -3.83. The maximum absolute atomic E-state index is 12.0. The number of rotatable bonds is 8. The molecule has 0 aliphatic heterocycles. The molecule has 2 aromatic rings. The molecule has 0 aliphatic carbocycles. The quantitative estimate of drug-likeness (QED) is 0.286. The van der Waals surface area contributed by atoms with Crippen molar-refractivity contribution in [2.24, 2.45) is 0 Å². The molecule has 4 nitrogen and oxygen atoms in total. The summed E-state index contributed by atoms with van der Waals surface area (Å²) in [4.78, 5) is 0. The first-order valence-electron chi connectivity index (χ1n) is 8.04. The van der Waals surface area contributed by atoms with Gasteiger partial charge in [-0.25, -0.2) is 0 Å². The number of hydrogen-bond donors (Lipinski definition) is 0. The molecular formula is C16H20Cl2N2O2S2Sn. The van der Waals surface area contributed by atoms with Crippen molar-refractivity contribution in [3.63, 3.8) is 0 Å². The van der Waals surface area contributed by atoms with Crippen molar-refractivity contribution in [3.8, 4) is 0 Å². The molecule has 0 spiro atoms. The van der Waals surface area contributed by atoms with Crippen LogP contribution in [0.2, 0.25) is 0 Å². The van der Waals surface area contributed by atoms with Gasteiger partial charge in [-0.15, -0.1) is 0 Å². The van der Waals surface area contributed by atoms with Gasteiger partial charge in [0.1, 0.15) is 0 Å². The third-order valence-corrected chi connectivity index (χ3v) is 22.1. The van der Waals surface area contributed by atoms with Crippen molar-refractivity contribution in [1.29, 1.82) is 0 Å². The second-order valence-corrected chi connectivity index (χ2v) is 37.8. The molecule has 0 radical (unpaired) electrons. The van der Waals surface area contributed by atoms with Gasteiger partial charge in [0.2, 0.25) is 0 Å². The van der Waals surface area contributed by atoms with Crippen molar-refractivity contribution < 1.29 is 9.46 Å². The summed E-state index contributed by atoms with van der Waals surface area (Å²) in [6, 6.07) is 7.31. The Labute approximate surface area is 165 Å². The van der Waals surface area contributed by atoms with Crippen LogP contribution in [0, 0.1) is 10.4 Å². The minimum absolute atomic E-state index is 0.501. The predicted octanol–water partition coefficient (Wildman–Crippen LogP) is 4.66. The molecule has 0 amide bonds. The number of pyridine rings is 2. The Balaban J connectivity index is 2.19. The number of aryl methyl sites for hydroxylation is 2. The Hall–Kier alpha value is -0.0213. The molecule has 0 bridgehead atoms. The van der Waals surface area contributed by atoms with Gasteiger partial charge in [-0.3, -0.25) is 0 Å². The first-order valence-corrected chi connectivity index (χ1v) is 23.9. The summed E-state index contributed by atoms with van der Waals surface area (Å²) < 4.78 is 1.58. The molecule has 0 atom stereocenters. The second kappa shape index (κ2) is 9.78. The van der Waals surface area contributed by atoms with Gasteiger partial charge in [0.25, 0.3) is 0 Å². The van der Waals surface area contributed by atoms with E-state index in [-0.39, 0.29) is 0 Å². The van der Waals surface area contributed by atoms with Crippen LogP contribution in [0.15, 0.2) is 46.7 Å². The molecule has 2 rings (SSSR count). The Morgan fingerprint density at radius 3 is 1.64 bits per heavy atom. The third kappa shape index (κ3) is 6.57. The van der Waals surface area contributed by atoms with E-state index in [4.69, 9.17) is 17.8 Å². The zero-order valence-corrected chi connectivity index (χ0v) is 20.1. The van der Waals surface area contributed by atoms with Gasteiger partial charge >= 0.3 is 166 Å². The van der Waals surface area contributed by atoms with E-state index >= 15 is 0 Å². The average Bonchev–Trinajstić information content (AvgIpc) is 2.54. The zero-order chi connectivity index (χ0) is 18.4. The van der Waals surface area contributed by atoms with Crippen LogP contribution in [0.25, 0.3) is 0 Å². The van der Waals surface area contributed by atoms with Crippen LogP contribution < -0.4 is 9.46 Å². The normalized spacial score (nSPS) is 11.7. The van der Waals surface area contributed by atoms with Crippen molar-refractivity contribution >= 4 is 49.1 Å². The van der Waals surface area contributed by atoms with Gasteiger partial charge in [0, 0.05) is 0 Å². The molecule has 0 saturated carbocycles. The van der Waals surface area contributed by atoms with E-state index in [0.717, 1.165) is 46.3 Å². The van der Waals surface area contributed by atoms with Crippen molar-refractivity contribution in [2.45, 2.75) is 49.6 Å². The molecule has 136 valence electrons. The van der Waals surface area contributed by atoms with Crippen LogP contribution in [0.4, 0.5) is 0 Å². The van der Waals surface area contributed by atoms with Crippen LogP contribution in [-0.2, 0) is 12.8 Å². The number of hydrogen-bond acceptors (Lipinski definition) is 4. The summed E-state index contributed by atoms with van der Waals surface area (Å²) in [6.45, 7) is 4.17. The molecule has 2 heterocycles. The monoisotopic (exact) mass is 526 g/mol. The summed E-state index contributed by atoms with van der Waals surface area (Å²) in [7, 11) is 15.7. The standard InChI is InChI=1S/2C8H11NOS.2ClH.Sn/c2*1-2-3-7-4-5-9(10)8(11)6-7;;;/h2*4-6,11H,2-3H2,1H3;2*1H;/q;;;;+4/p-4. The first-order chi connectivity index (χ1) is 11.8. The van der Waals surface area contributed by atoms with E-state index in [0.29, 0.717) is 10.1 Å². The van der Waals surface area contributed by atoms with Gasteiger partial charge in [-0.05, 0) is 0 Å².